The third-order valence-corrected chi connectivity index (χ3v) is 4.42. The van der Waals surface area contributed by atoms with Gasteiger partial charge in [0.25, 0.3) is 0 Å². The predicted octanol–water partition coefficient (Wildman–Crippen LogP) is 3.14. The molecular weight excluding hydrogens is 324 g/mol. The van der Waals surface area contributed by atoms with Crippen LogP contribution in [0.1, 0.15) is 26.5 Å². The fourth-order valence-corrected chi connectivity index (χ4v) is 3.02. The smallest absolute Gasteiger partial charge is 0.319 e. The summed E-state index contributed by atoms with van der Waals surface area (Å²) in [5.41, 5.74) is 7.41. The summed E-state index contributed by atoms with van der Waals surface area (Å²) >= 11 is 1.55. The fraction of sp³-hybridized carbons (Fsp3) is 0.353. The lowest BCUT2D eigenvalue weighted by molar-refractivity contribution is -0.122. The van der Waals surface area contributed by atoms with E-state index in [9.17, 15) is 9.59 Å². The van der Waals surface area contributed by atoms with E-state index in [-0.39, 0.29) is 0 Å². The Morgan fingerprint density at radius 1 is 1.29 bits per heavy atom. The molecule has 0 bridgehead atoms. The number of anilines is 1. The van der Waals surface area contributed by atoms with Crippen LogP contribution in [0.4, 0.5) is 10.5 Å². The molecule has 0 radical (unpaired) electrons. The molecule has 1 aromatic carbocycles. The second-order valence-electron chi connectivity index (χ2n) is 6.67. The Morgan fingerprint density at radius 2 is 2.00 bits per heavy atom. The van der Waals surface area contributed by atoms with E-state index < -0.39 is 23.4 Å². The minimum atomic E-state index is -0.762. The summed E-state index contributed by atoms with van der Waals surface area (Å²) < 4.78 is 0. The molecule has 6 nitrogen and oxygen atoms in total. The molecule has 0 saturated heterocycles. The van der Waals surface area contributed by atoms with Gasteiger partial charge in [0.05, 0.1) is 0 Å². The van der Waals surface area contributed by atoms with E-state index in [0.717, 1.165) is 16.3 Å². The van der Waals surface area contributed by atoms with Crippen LogP contribution in [0.25, 0.3) is 10.6 Å². The Hall–Kier alpha value is -2.41. The molecule has 0 saturated carbocycles. The van der Waals surface area contributed by atoms with Gasteiger partial charge in [-0.05, 0) is 24.5 Å². The minimum Gasteiger partial charge on any atom is -0.368 e. The van der Waals surface area contributed by atoms with Crippen LogP contribution in [-0.2, 0) is 4.79 Å². The normalized spacial score (nSPS) is 12.5. The largest absolute Gasteiger partial charge is 0.368 e. The third-order valence-electron chi connectivity index (χ3n) is 3.41. The lowest BCUT2D eigenvalue weighted by Gasteiger charge is -2.28. The first-order valence-electron chi connectivity index (χ1n) is 7.56. The number of hydrogen-bond acceptors (Lipinski definition) is 4. The molecule has 4 N–H and O–H groups in total. The topological polar surface area (TPSA) is 97.1 Å². The van der Waals surface area contributed by atoms with Crippen LogP contribution in [0.5, 0.6) is 0 Å². The van der Waals surface area contributed by atoms with Gasteiger partial charge in [-0.1, -0.05) is 32.9 Å². The van der Waals surface area contributed by atoms with Crippen molar-refractivity contribution in [1.82, 2.24) is 10.3 Å². The third kappa shape index (κ3) is 4.55. The van der Waals surface area contributed by atoms with E-state index in [0.29, 0.717) is 5.69 Å². The Kier molecular flexibility index (Phi) is 5.23. The SMILES string of the molecule is Cc1csc(-c2cccc(NC(=O)N[C@H](C(N)=O)C(C)(C)C)c2)n1. The lowest BCUT2D eigenvalue weighted by Crippen LogP contribution is -2.53. The summed E-state index contributed by atoms with van der Waals surface area (Å²) in [4.78, 5) is 28.2. The molecule has 0 spiro atoms. The Labute approximate surface area is 145 Å². The van der Waals surface area contributed by atoms with Gasteiger partial charge >= 0.3 is 6.03 Å². The van der Waals surface area contributed by atoms with Crippen LogP contribution in [0.15, 0.2) is 29.6 Å². The average molecular weight is 346 g/mol. The average Bonchev–Trinajstić information content (AvgIpc) is 2.90. The van der Waals surface area contributed by atoms with Crippen molar-refractivity contribution in [3.8, 4) is 10.6 Å². The van der Waals surface area contributed by atoms with Crippen molar-refractivity contribution in [3.05, 3.63) is 35.3 Å². The van der Waals surface area contributed by atoms with Crippen molar-refractivity contribution in [2.45, 2.75) is 33.7 Å². The number of benzene rings is 1. The van der Waals surface area contributed by atoms with Crippen LogP contribution in [0.2, 0.25) is 0 Å². The number of hydrogen-bond donors (Lipinski definition) is 3. The number of rotatable bonds is 4. The Bertz CT molecular complexity index is 749. The number of urea groups is 1. The van der Waals surface area contributed by atoms with E-state index in [1.807, 2.05) is 51.3 Å². The summed E-state index contributed by atoms with van der Waals surface area (Å²) in [5.74, 6) is -0.565. The van der Waals surface area contributed by atoms with Crippen LogP contribution in [0, 0.1) is 12.3 Å². The first kappa shape index (κ1) is 17.9. The summed E-state index contributed by atoms with van der Waals surface area (Å²) in [5, 5.41) is 8.23. The molecular formula is C17H22N4O2S. The monoisotopic (exact) mass is 346 g/mol. The van der Waals surface area contributed by atoms with Gasteiger partial charge in [0.15, 0.2) is 0 Å². The number of carbonyl (C=O) groups excluding carboxylic acids is 2. The zero-order valence-electron chi connectivity index (χ0n) is 14.2. The van der Waals surface area contributed by atoms with E-state index in [1.54, 1.807) is 17.4 Å². The molecule has 0 aliphatic carbocycles. The number of carbonyl (C=O) groups is 2. The van der Waals surface area contributed by atoms with Crippen LogP contribution < -0.4 is 16.4 Å². The summed E-state index contributed by atoms with van der Waals surface area (Å²) in [6, 6.07) is 6.16. The van der Waals surface area contributed by atoms with Crippen molar-refractivity contribution in [2.75, 3.05) is 5.32 Å². The van der Waals surface area contributed by atoms with Crippen molar-refractivity contribution >= 4 is 29.0 Å². The molecule has 1 aromatic heterocycles. The number of nitrogens with one attached hydrogen (secondary N) is 2. The highest BCUT2D eigenvalue weighted by atomic mass is 32.1. The van der Waals surface area contributed by atoms with Gasteiger partial charge in [0.2, 0.25) is 5.91 Å². The Morgan fingerprint density at radius 3 is 2.54 bits per heavy atom. The van der Waals surface area contributed by atoms with Gasteiger partial charge in [0, 0.05) is 22.3 Å². The fourth-order valence-electron chi connectivity index (χ4n) is 2.23. The molecule has 2 aromatic rings. The number of amides is 3. The highest BCUT2D eigenvalue weighted by molar-refractivity contribution is 7.13. The van der Waals surface area contributed by atoms with E-state index in [4.69, 9.17) is 5.73 Å². The van der Waals surface area contributed by atoms with Crippen LogP contribution in [0.3, 0.4) is 0 Å². The number of aryl methyl sites for hydroxylation is 1. The molecule has 0 aliphatic rings. The molecule has 0 aliphatic heterocycles. The number of nitrogens with zero attached hydrogens (tertiary/aromatic N) is 1. The molecule has 0 unspecified atom stereocenters. The zero-order valence-corrected chi connectivity index (χ0v) is 15.0. The lowest BCUT2D eigenvalue weighted by atomic mass is 9.86. The van der Waals surface area contributed by atoms with Crippen LogP contribution in [-0.4, -0.2) is 23.0 Å². The number of aromatic nitrogens is 1. The number of thiazole rings is 1. The number of nitrogens with two attached hydrogens (primary N) is 1. The molecule has 7 heteroatoms. The van der Waals surface area contributed by atoms with E-state index in [1.165, 1.54) is 0 Å². The summed E-state index contributed by atoms with van der Waals surface area (Å²) in [7, 11) is 0. The molecule has 24 heavy (non-hydrogen) atoms. The summed E-state index contributed by atoms with van der Waals surface area (Å²) in [6.07, 6.45) is 0. The quantitative estimate of drug-likeness (QED) is 0.793. The maximum absolute atomic E-state index is 12.2. The maximum atomic E-state index is 12.2. The van der Waals surface area contributed by atoms with Gasteiger partial charge in [-0.2, -0.15) is 0 Å². The first-order valence-corrected chi connectivity index (χ1v) is 8.44. The number of primary amides is 1. The van der Waals surface area contributed by atoms with Gasteiger partial charge in [0.1, 0.15) is 11.0 Å². The van der Waals surface area contributed by atoms with Crippen molar-refractivity contribution in [2.24, 2.45) is 11.1 Å². The standard InChI is InChI=1S/C17H22N4O2S/c1-10-9-24-15(19-10)11-6-5-7-12(8-11)20-16(23)21-13(14(18)22)17(2,3)4/h5-9,13H,1-4H3,(H2,18,22)(H2,20,21,23)/t13-/m1/s1. The van der Waals surface area contributed by atoms with Crippen molar-refractivity contribution in [3.63, 3.8) is 0 Å². The van der Waals surface area contributed by atoms with Gasteiger partial charge in [-0.3, -0.25) is 4.79 Å². The highest BCUT2D eigenvalue weighted by Gasteiger charge is 2.31. The van der Waals surface area contributed by atoms with E-state index >= 15 is 0 Å². The molecule has 1 atom stereocenters. The minimum absolute atomic E-state index is 0.469. The van der Waals surface area contributed by atoms with E-state index in [2.05, 4.69) is 15.6 Å². The van der Waals surface area contributed by atoms with Crippen molar-refractivity contribution in [1.29, 1.82) is 0 Å². The highest BCUT2D eigenvalue weighted by Crippen LogP contribution is 2.26. The van der Waals surface area contributed by atoms with Crippen LogP contribution >= 0.6 is 11.3 Å². The summed E-state index contributed by atoms with van der Waals surface area (Å²) in [6.45, 7) is 7.46. The van der Waals surface area contributed by atoms with Crippen molar-refractivity contribution < 1.29 is 9.59 Å². The molecule has 2 rings (SSSR count). The maximum Gasteiger partial charge on any atom is 0.319 e. The molecule has 1 heterocycles. The zero-order chi connectivity index (χ0) is 17.9. The first-order chi connectivity index (χ1) is 11.2. The second kappa shape index (κ2) is 7.00. The van der Waals surface area contributed by atoms with Gasteiger partial charge in [-0.15, -0.1) is 11.3 Å². The van der Waals surface area contributed by atoms with Gasteiger partial charge in [-0.25, -0.2) is 9.78 Å². The second-order valence-corrected chi connectivity index (χ2v) is 7.53. The molecule has 3 amide bonds. The predicted molar refractivity (Wildman–Crippen MR) is 96.9 cm³/mol. The Balaban J connectivity index is 2.11. The van der Waals surface area contributed by atoms with Gasteiger partial charge < -0.3 is 16.4 Å². The molecule has 0 fully saturated rings. The molecule has 128 valence electrons.